The van der Waals surface area contributed by atoms with Gasteiger partial charge in [0.25, 0.3) is 0 Å². The predicted octanol–water partition coefficient (Wildman–Crippen LogP) is 5.70. The molecule has 1 aromatic heterocycles. The molecule has 0 amide bonds. The van der Waals surface area contributed by atoms with Crippen molar-refractivity contribution in [3.05, 3.63) is 28.8 Å². The smallest absolute Gasteiger partial charge is 0.417 e. The quantitative estimate of drug-likeness (QED) is 0.155. The van der Waals surface area contributed by atoms with Gasteiger partial charge in [-0.1, -0.05) is 0 Å². The molecule has 3 aliphatic rings. The number of rotatable bonds is 6. The molecule has 0 spiro atoms. The molecule has 3 heterocycles. The minimum atomic E-state index is -5.06. The SMILES string of the molecule is C=NC(=Nc1c(F)c(-c2cc(N)c(F)c(C)c2C(F)(F)F)nc2c1NCC(C)NCC[C@H](C)O2)OCC1(CN2CCO[C@H](C)C2)CC1. The van der Waals surface area contributed by atoms with E-state index in [1.54, 1.807) is 6.92 Å². The number of aromatic nitrogens is 1. The first-order chi connectivity index (χ1) is 22.2. The van der Waals surface area contributed by atoms with Crippen molar-refractivity contribution in [2.24, 2.45) is 15.4 Å². The van der Waals surface area contributed by atoms with Crippen molar-refractivity contribution < 1.29 is 36.2 Å². The molecule has 3 atom stereocenters. The predicted molar refractivity (Wildman–Crippen MR) is 171 cm³/mol. The Bertz CT molecular complexity index is 1520. The third-order valence-corrected chi connectivity index (χ3v) is 8.78. The van der Waals surface area contributed by atoms with E-state index in [4.69, 9.17) is 19.9 Å². The van der Waals surface area contributed by atoms with Crippen LogP contribution in [0.2, 0.25) is 0 Å². The summed E-state index contributed by atoms with van der Waals surface area (Å²) in [5, 5.41) is 6.43. The molecule has 4 N–H and O–H groups in total. The largest absolute Gasteiger partial charge is 0.473 e. The number of nitrogens with zero attached hydrogens (tertiary/aromatic N) is 4. The molecule has 47 heavy (non-hydrogen) atoms. The fourth-order valence-electron chi connectivity index (χ4n) is 6.00. The summed E-state index contributed by atoms with van der Waals surface area (Å²) >= 11 is 0. The van der Waals surface area contributed by atoms with Crippen LogP contribution in [0.5, 0.6) is 5.88 Å². The van der Waals surface area contributed by atoms with E-state index in [2.05, 4.69) is 37.2 Å². The monoisotopic (exact) mass is 667 g/mol. The van der Waals surface area contributed by atoms with Gasteiger partial charge in [0, 0.05) is 43.2 Å². The number of hydrogen-bond acceptors (Lipinski definition) is 9. The van der Waals surface area contributed by atoms with Crippen LogP contribution in [0.3, 0.4) is 0 Å². The molecule has 1 unspecified atom stereocenters. The lowest BCUT2D eigenvalue weighted by Gasteiger charge is -2.33. The first-order valence-electron chi connectivity index (χ1n) is 15.8. The molecular formula is C32H42F5N7O3. The average molecular weight is 668 g/mol. The second kappa shape index (κ2) is 13.9. The molecule has 2 aliphatic heterocycles. The van der Waals surface area contributed by atoms with Crippen LogP contribution in [0.1, 0.15) is 51.2 Å². The molecule has 0 bridgehead atoms. The third kappa shape index (κ3) is 7.95. The van der Waals surface area contributed by atoms with Gasteiger partial charge in [-0.25, -0.2) is 18.8 Å². The molecule has 5 rings (SSSR count). The maximum atomic E-state index is 16.7. The van der Waals surface area contributed by atoms with E-state index in [9.17, 15) is 17.6 Å². The van der Waals surface area contributed by atoms with Crippen molar-refractivity contribution in [3.63, 3.8) is 0 Å². The van der Waals surface area contributed by atoms with Gasteiger partial charge in [0.1, 0.15) is 22.9 Å². The van der Waals surface area contributed by atoms with Gasteiger partial charge < -0.3 is 30.6 Å². The number of aliphatic imine (C=N–C) groups is 2. The van der Waals surface area contributed by atoms with Crippen LogP contribution in [-0.2, 0) is 15.7 Å². The van der Waals surface area contributed by atoms with E-state index < -0.39 is 57.7 Å². The molecule has 1 aliphatic carbocycles. The summed E-state index contributed by atoms with van der Waals surface area (Å²) in [4.78, 5) is 14.8. The van der Waals surface area contributed by atoms with E-state index in [0.29, 0.717) is 19.6 Å². The maximum Gasteiger partial charge on any atom is 0.417 e. The highest BCUT2D eigenvalue weighted by atomic mass is 19.4. The number of pyridine rings is 1. The van der Waals surface area contributed by atoms with Gasteiger partial charge in [-0.2, -0.15) is 18.2 Å². The Morgan fingerprint density at radius 3 is 2.62 bits per heavy atom. The number of anilines is 2. The van der Waals surface area contributed by atoms with Crippen molar-refractivity contribution in [3.8, 4) is 17.1 Å². The summed E-state index contributed by atoms with van der Waals surface area (Å²) in [6, 6.07) is 0.384. The number of amidine groups is 1. The van der Waals surface area contributed by atoms with Gasteiger partial charge in [0.2, 0.25) is 5.88 Å². The molecule has 2 aromatic rings. The highest BCUT2D eigenvalue weighted by molar-refractivity contribution is 5.87. The second-order valence-electron chi connectivity index (χ2n) is 12.8. The molecule has 15 heteroatoms. The number of ether oxygens (including phenoxy) is 3. The minimum Gasteiger partial charge on any atom is -0.473 e. The molecular weight excluding hydrogens is 625 g/mol. The van der Waals surface area contributed by atoms with Gasteiger partial charge in [0.05, 0.1) is 36.7 Å². The number of nitrogens with one attached hydrogen (secondary N) is 2. The van der Waals surface area contributed by atoms with Crippen LogP contribution in [0.4, 0.5) is 39.0 Å². The Kier molecular flexibility index (Phi) is 10.3. The number of nitrogens with two attached hydrogens (primary N) is 1. The molecule has 2 fully saturated rings. The van der Waals surface area contributed by atoms with Gasteiger partial charge in [-0.15, -0.1) is 0 Å². The summed E-state index contributed by atoms with van der Waals surface area (Å²) in [5.74, 6) is -2.66. The Morgan fingerprint density at radius 2 is 1.96 bits per heavy atom. The number of nitrogen functional groups attached to an aromatic ring is 1. The van der Waals surface area contributed by atoms with Crippen LogP contribution in [0.15, 0.2) is 16.1 Å². The van der Waals surface area contributed by atoms with Crippen LogP contribution in [-0.4, -0.2) is 86.8 Å². The highest BCUT2D eigenvalue weighted by Crippen LogP contribution is 2.48. The zero-order valence-corrected chi connectivity index (χ0v) is 27.1. The highest BCUT2D eigenvalue weighted by Gasteiger charge is 2.45. The topological polar surface area (TPSA) is 119 Å². The lowest BCUT2D eigenvalue weighted by molar-refractivity contribution is -0.137. The minimum absolute atomic E-state index is 0.00204. The molecule has 1 saturated carbocycles. The van der Waals surface area contributed by atoms with Crippen molar-refractivity contribution >= 4 is 29.8 Å². The fraction of sp³-hybridized carbons (Fsp3) is 0.594. The number of morpholine rings is 1. The van der Waals surface area contributed by atoms with Crippen LogP contribution < -0.4 is 21.1 Å². The Labute approximate surface area is 271 Å². The maximum absolute atomic E-state index is 16.7. The van der Waals surface area contributed by atoms with Gasteiger partial charge in [0.15, 0.2) is 5.82 Å². The van der Waals surface area contributed by atoms with Crippen molar-refractivity contribution in [2.45, 2.75) is 71.4 Å². The van der Waals surface area contributed by atoms with Crippen LogP contribution in [0, 0.1) is 24.0 Å². The van der Waals surface area contributed by atoms with E-state index >= 15 is 4.39 Å². The molecule has 10 nitrogen and oxygen atoms in total. The Hall–Kier alpha value is -3.56. The van der Waals surface area contributed by atoms with Crippen LogP contribution >= 0.6 is 0 Å². The zero-order valence-electron chi connectivity index (χ0n) is 27.1. The number of hydrogen-bond donors (Lipinski definition) is 3. The van der Waals surface area contributed by atoms with Crippen LogP contribution in [0.25, 0.3) is 11.3 Å². The molecule has 258 valence electrons. The van der Waals surface area contributed by atoms with Crippen molar-refractivity contribution in [1.82, 2.24) is 15.2 Å². The summed E-state index contributed by atoms with van der Waals surface area (Å²) in [6.45, 7) is 14.3. The average Bonchev–Trinajstić information content (AvgIpc) is 3.76. The normalized spacial score (nSPS) is 23.7. The standard InChI is InChI=1S/C32H42F5N7O3/c1-17-13-41-28-27(43-30(39-5)46-16-31(7-8-31)15-44-10-11-45-19(3)14-44)25(34)26(42-29(28)47-18(2)6-9-40-17)21-12-22(38)24(33)20(4)23(21)32(35,36)37/h12,17-19,40-41H,5-11,13-16,38H2,1-4H3/t17?,18-,19+/m0/s1. The summed E-state index contributed by atoms with van der Waals surface area (Å²) < 4.78 is 92.2. The third-order valence-electron chi connectivity index (χ3n) is 8.78. The summed E-state index contributed by atoms with van der Waals surface area (Å²) in [5.41, 5.74) is 0.874. The number of alkyl halides is 3. The number of fused-ring (bicyclic) bond motifs is 1. The summed E-state index contributed by atoms with van der Waals surface area (Å²) in [6.07, 6.45) is -3.06. The molecule has 1 aromatic carbocycles. The summed E-state index contributed by atoms with van der Waals surface area (Å²) in [7, 11) is 0. The van der Waals surface area contributed by atoms with Gasteiger partial charge in [-0.05, 0) is 71.8 Å². The van der Waals surface area contributed by atoms with E-state index in [1.807, 2.05) is 13.8 Å². The van der Waals surface area contributed by atoms with Gasteiger partial charge in [-0.3, -0.25) is 4.90 Å². The lowest BCUT2D eigenvalue weighted by atomic mass is 9.96. The molecule has 0 radical (unpaired) electrons. The zero-order chi connectivity index (χ0) is 34.1. The van der Waals surface area contributed by atoms with Gasteiger partial charge >= 0.3 is 12.2 Å². The Morgan fingerprint density at radius 1 is 1.21 bits per heavy atom. The van der Waals surface area contributed by atoms with Crippen molar-refractivity contribution in [1.29, 1.82) is 0 Å². The fourth-order valence-corrected chi connectivity index (χ4v) is 6.00. The number of halogens is 5. The van der Waals surface area contributed by atoms with E-state index in [-0.39, 0.29) is 48.3 Å². The van der Waals surface area contributed by atoms with Crippen molar-refractivity contribution in [2.75, 3.05) is 57.0 Å². The molecule has 1 saturated heterocycles. The first kappa shape index (κ1) is 34.8. The Balaban J connectivity index is 1.60. The van der Waals surface area contributed by atoms with E-state index in [0.717, 1.165) is 45.5 Å². The number of benzene rings is 1. The first-order valence-corrected chi connectivity index (χ1v) is 15.8. The van der Waals surface area contributed by atoms with E-state index in [1.165, 1.54) is 0 Å². The lowest BCUT2D eigenvalue weighted by Crippen LogP contribution is -2.44. The second-order valence-corrected chi connectivity index (χ2v) is 12.8.